The molecule has 0 aliphatic heterocycles. The summed E-state index contributed by atoms with van der Waals surface area (Å²) in [5, 5.41) is 0. The van der Waals surface area contributed by atoms with Crippen molar-refractivity contribution in [2.24, 2.45) is 5.73 Å². The molecular weight excluding hydrogens is 285 g/mol. The Labute approximate surface area is 121 Å². The van der Waals surface area contributed by atoms with Gasteiger partial charge in [-0.05, 0) is 31.5 Å². The molecule has 0 aliphatic carbocycles. The van der Waals surface area contributed by atoms with Gasteiger partial charge < -0.3 is 10.5 Å². The molecule has 0 radical (unpaired) electrons. The lowest BCUT2D eigenvalue weighted by Gasteiger charge is -2.25. The average Bonchev–Trinajstić information content (AvgIpc) is 2.34. The first-order chi connectivity index (χ1) is 9.67. The number of ether oxygens (including phenoxy) is 1. The maximum Gasteiger partial charge on any atom is 0.422 e. The minimum atomic E-state index is -4.37. The van der Waals surface area contributed by atoms with Gasteiger partial charge in [-0.3, -0.25) is 9.69 Å². The Bertz CT molecular complexity index is 476. The Kier molecular flexibility index (Phi) is 6.02. The lowest BCUT2D eigenvalue weighted by atomic mass is 10.1. The van der Waals surface area contributed by atoms with Crippen LogP contribution in [-0.4, -0.2) is 36.2 Å². The van der Waals surface area contributed by atoms with E-state index in [0.29, 0.717) is 6.54 Å². The van der Waals surface area contributed by atoms with Gasteiger partial charge in [0.1, 0.15) is 5.75 Å². The van der Waals surface area contributed by atoms with Gasteiger partial charge in [-0.2, -0.15) is 13.2 Å². The van der Waals surface area contributed by atoms with Crippen LogP contribution in [0.1, 0.15) is 19.4 Å². The van der Waals surface area contributed by atoms with Crippen LogP contribution in [0, 0.1) is 0 Å². The molecule has 118 valence electrons. The highest BCUT2D eigenvalue weighted by Crippen LogP contribution is 2.20. The summed E-state index contributed by atoms with van der Waals surface area (Å²) in [5.41, 5.74) is 5.93. The van der Waals surface area contributed by atoms with E-state index >= 15 is 0 Å². The van der Waals surface area contributed by atoms with Crippen molar-refractivity contribution in [1.29, 1.82) is 0 Å². The zero-order chi connectivity index (χ0) is 16.0. The number of halogens is 3. The molecule has 0 aromatic heterocycles. The molecule has 0 saturated heterocycles. The monoisotopic (exact) mass is 304 g/mol. The molecule has 1 amide bonds. The van der Waals surface area contributed by atoms with Gasteiger partial charge in [0.2, 0.25) is 5.91 Å². The molecule has 4 nitrogen and oxygen atoms in total. The van der Waals surface area contributed by atoms with Gasteiger partial charge in [0, 0.05) is 12.6 Å². The highest BCUT2D eigenvalue weighted by Gasteiger charge is 2.28. The molecule has 0 saturated carbocycles. The molecule has 0 atom stereocenters. The van der Waals surface area contributed by atoms with Crippen molar-refractivity contribution in [3.8, 4) is 5.75 Å². The molecule has 0 aliphatic rings. The normalized spacial score (nSPS) is 12.0. The molecular formula is C14H19F3N2O2. The van der Waals surface area contributed by atoms with Crippen LogP contribution in [-0.2, 0) is 11.3 Å². The Hall–Kier alpha value is -1.76. The predicted octanol–water partition coefficient (Wildman–Crippen LogP) is 2.32. The number of hydrogen-bond donors (Lipinski definition) is 1. The Morgan fingerprint density at radius 3 is 2.57 bits per heavy atom. The number of benzene rings is 1. The molecule has 1 aromatic carbocycles. The molecule has 0 spiro atoms. The number of hydrogen-bond acceptors (Lipinski definition) is 3. The number of alkyl halides is 3. The fourth-order valence-corrected chi connectivity index (χ4v) is 1.75. The van der Waals surface area contributed by atoms with E-state index in [-0.39, 0.29) is 18.3 Å². The summed E-state index contributed by atoms with van der Waals surface area (Å²) in [4.78, 5) is 12.8. The highest BCUT2D eigenvalue weighted by atomic mass is 19.4. The van der Waals surface area contributed by atoms with Gasteiger partial charge in [0.05, 0.1) is 6.54 Å². The van der Waals surface area contributed by atoms with Gasteiger partial charge in [-0.25, -0.2) is 0 Å². The third-order valence-corrected chi connectivity index (χ3v) is 2.78. The first-order valence-corrected chi connectivity index (χ1v) is 6.48. The van der Waals surface area contributed by atoms with Crippen LogP contribution >= 0.6 is 0 Å². The molecule has 0 unspecified atom stereocenters. The van der Waals surface area contributed by atoms with E-state index in [0.717, 1.165) is 5.56 Å². The topological polar surface area (TPSA) is 55.6 Å². The minimum Gasteiger partial charge on any atom is -0.484 e. The van der Waals surface area contributed by atoms with Gasteiger partial charge in [0.25, 0.3) is 0 Å². The van der Waals surface area contributed by atoms with Crippen molar-refractivity contribution in [1.82, 2.24) is 4.90 Å². The summed E-state index contributed by atoms with van der Waals surface area (Å²) in [6, 6.07) is 6.45. The van der Waals surface area contributed by atoms with Crippen LogP contribution in [0.2, 0.25) is 0 Å². The van der Waals surface area contributed by atoms with Crippen molar-refractivity contribution < 1.29 is 22.7 Å². The van der Waals surface area contributed by atoms with E-state index in [1.807, 2.05) is 18.7 Å². The standard InChI is InChI=1S/C14H19F3N2O2/c1-10(2)19(8-13(18)20)7-11-4-3-5-12(6-11)21-9-14(15,16)17/h3-6,10H,7-9H2,1-2H3,(H2,18,20). The predicted molar refractivity (Wildman–Crippen MR) is 72.7 cm³/mol. The fraction of sp³-hybridized carbons (Fsp3) is 0.500. The first kappa shape index (κ1) is 17.3. The fourth-order valence-electron chi connectivity index (χ4n) is 1.75. The van der Waals surface area contributed by atoms with E-state index in [1.54, 1.807) is 12.1 Å². The number of amides is 1. The Balaban J connectivity index is 2.72. The summed E-state index contributed by atoms with van der Waals surface area (Å²) >= 11 is 0. The SMILES string of the molecule is CC(C)N(CC(N)=O)Cc1cccc(OCC(F)(F)F)c1. The van der Waals surface area contributed by atoms with E-state index < -0.39 is 18.7 Å². The number of rotatable bonds is 7. The first-order valence-electron chi connectivity index (χ1n) is 6.48. The second-order valence-corrected chi connectivity index (χ2v) is 5.02. The van der Waals surface area contributed by atoms with Gasteiger partial charge >= 0.3 is 6.18 Å². The van der Waals surface area contributed by atoms with Gasteiger partial charge in [0.15, 0.2) is 6.61 Å². The smallest absolute Gasteiger partial charge is 0.422 e. The summed E-state index contributed by atoms with van der Waals surface area (Å²) in [6.07, 6.45) is -4.37. The molecule has 0 bridgehead atoms. The van der Waals surface area contributed by atoms with Gasteiger partial charge in [-0.1, -0.05) is 12.1 Å². The zero-order valence-corrected chi connectivity index (χ0v) is 12.0. The molecule has 0 fully saturated rings. The Morgan fingerprint density at radius 2 is 2.05 bits per heavy atom. The molecule has 1 rings (SSSR count). The van der Waals surface area contributed by atoms with Crippen molar-refractivity contribution >= 4 is 5.91 Å². The number of nitrogens with two attached hydrogens (primary N) is 1. The molecule has 2 N–H and O–H groups in total. The van der Waals surface area contributed by atoms with E-state index in [9.17, 15) is 18.0 Å². The van der Waals surface area contributed by atoms with Crippen molar-refractivity contribution in [3.05, 3.63) is 29.8 Å². The third-order valence-electron chi connectivity index (χ3n) is 2.78. The average molecular weight is 304 g/mol. The van der Waals surface area contributed by atoms with E-state index in [2.05, 4.69) is 0 Å². The van der Waals surface area contributed by atoms with Crippen molar-refractivity contribution in [3.63, 3.8) is 0 Å². The lowest BCUT2D eigenvalue weighted by molar-refractivity contribution is -0.153. The van der Waals surface area contributed by atoms with E-state index in [1.165, 1.54) is 12.1 Å². The Morgan fingerprint density at radius 1 is 1.38 bits per heavy atom. The van der Waals surface area contributed by atoms with Crippen LogP contribution in [0.3, 0.4) is 0 Å². The molecule has 1 aromatic rings. The van der Waals surface area contributed by atoms with E-state index in [4.69, 9.17) is 10.5 Å². The summed E-state index contributed by atoms with van der Waals surface area (Å²) in [5.74, 6) is -0.305. The number of primary amides is 1. The molecule has 7 heteroatoms. The quantitative estimate of drug-likeness (QED) is 0.841. The number of carbonyl (C=O) groups excluding carboxylic acids is 1. The maximum absolute atomic E-state index is 12.1. The molecule has 0 heterocycles. The third kappa shape index (κ3) is 6.99. The highest BCUT2D eigenvalue weighted by molar-refractivity contribution is 5.75. The summed E-state index contributed by atoms with van der Waals surface area (Å²) in [6.45, 7) is 2.99. The van der Waals surface area contributed by atoms with Crippen LogP contribution in [0.15, 0.2) is 24.3 Å². The minimum absolute atomic E-state index is 0.0808. The number of nitrogens with zero attached hydrogens (tertiary/aromatic N) is 1. The number of carbonyl (C=O) groups is 1. The van der Waals surface area contributed by atoms with Gasteiger partial charge in [-0.15, -0.1) is 0 Å². The maximum atomic E-state index is 12.1. The van der Waals surface area contributed by atoms with Crippen LogP contribution < -0.4 is 10.5 Å². The summed E-state index contributed by atoms with van der Waals surface area (Å²) in [7, 11) is 0. The summed E-state index contributed by atoms with van der Waals surface area (Å²) < 4.78 is 41.0. The second kappa shape index (κ2) is 7.31. The lowest BCUT2D eigenvalue weighted by Crippen LogP contribution is -2.37. The van der Waals surface area contributed by atoms with Crippen LogP contribution in [0.5, 0.6) is 5.75 Å². The zero-order valence-electron chi connectivity index (χ0n) is 12.0. The largest absolute Gasteiger partial charge is 0.484 e. The molecule has 21 heavy (non-hydrogen) atoms. The van der Waals surface area contributed by atoms with Crippen molar-refractivity contribution in [2.45, 2.75) is 32.6 Å². The second-order valence-electron chi connectivity index (χ2n) is 5.02. The van der Waals surface area contributed by atoms with Crippen LogP contribution in [0.25, 0.3) is 0 Å². The van der Waals surface area contributed by atoms with Crippen molar-refractivity contribution in [2.75, 3.05) is 13.2 Å². The van der Waals surface area contributed by atoms with Crippen LogP contribution in [0.4, 0.5) is 13.2 Å².